The number of hydrogen-bond donors (Lipinski definition) is 0. The lowest BCUT2D eigenvalue weighted by molar-refractivity contribution is -0.143. The molecule has 0 spiro atoms. The Labute approximate surface area is 83.2 Å². The zero-order valence-electron chi connectivity index (χ0n) is 8.20. The molecule has 1 atom stereocenters. The van der Waals surface area contributed by atoms with Crippen molar-refractivity contribution in [1.29, 1.82) is 0 Å². The van der Waals surface area contributed by atoms with Gasteiger partial charge in [-0.05, 0) is 12.8 Å². The number of Topliss-reactive ketones (excluding diaryl/α,β-unsaturated/α-hetero) is 2. The number of rotatable bonds is 1. The van der Waals surface area contributed by atoms with Gasteiger partial charge in [-0.3, -0.25) is 14.5 Å². The quantitative estimate of drug-likeness (QED) is 0.555. The van der Waals surface area contributed by atoms with Gasteiger partial charge in [0.25, 0.3) is 0 Å². The van der Waals surface area contributed by atoms with E-state index in [2.05, 4.69) is 4.90 Å². The summed E-state index contributed by atoms with van der Waals surface area (Å²) < 4.78 is 5.21. The molecule has 2 fully saturated rings. The van der Waals surface area contributed by atoms with Crippen LogP contribution in [0, 0.1) is 0 Å². The fourth-order valence-electron chi connectivity index (χ4n) is 2.13. The highest BCUT2D eigenvalue weighted by Gasteiger charge is 2.34. The van der Waals surface area contributed by atoms with Crippen LogP contribution in [0.1, 0.15) is 19.3 Å². The number of hydrogen-bond acceptors (Lipinski definition) is 4. The Bertz CT molecular complexity index is 246. The van der Waals surface area contributed by atoms with Gasteiger partial charge in [-0.15, -0.1) is 0 Å². The van der Waals surface area contributed by atoms with Crippen molar-refractivity contribution in [3.63, 3.8) is 0 Å². The summed E-state index contributed by atoms with van der Waals surface area (Å²) in [7, 11) is 0. The highest BCUT2D eigenvalue weighted by atomic mass is 16.5. The van der Waals surface area contributed by atoms with Crippen molar-refractivity contribution in [3.8, 4) is 0 Å². The molecule has 1 unspecified atom stereocenters. The molecule has 1 saturated heterocycles. The molecule has 0 aromatic heterocycles. The zero-order chi connectivity index (χ0) is 9.97. The van der Waals surface area contributed by atoms with Crippen LogP contribution in [-0.2, 0) is 14.3 Å². The summed E-state index contributed by atoms with van der Waals surface area (Å²) in [4.78, 5) is 24.9. The third-order valence-electron chi connectivity index (χ3n) is 2.95. The van der Waals surface area contributed by atoms with Crippen molar-refractivity contribution < 1.29 is 14.3 Å². The van der Waals surface area contributed by atoms with Gasteiger partial charge in [0.1, 0.15) is 0 Å². The molecule has 2 aliphatic rings. The second-order valence-electron chi connectivity index (χ2n) is 3.84. The van der Waals surface area contributed by atoms with E-state index < -0.39 is 0 Å². The number of carbonyl (C=O) groups excluding carboxylic acids is 2. The molecule has 1 aliphatic carbocycles. The van der Waals surface area contributed by atoms with E-state index in [1.54, 1.807) is 0 Å². The summed E-state index contributed by atoms with van der Waals surface area (Å²) in [5.41, 5.74) is 0. The largest absolute Gasteiger partial charge is 0.379 e. The van der Waals surface area contributed by atoms with Crippen LogP contribution in [0.3, 0.4) is 0 Å². The van der Waals surface area contributed by atoms with Gasteiger partial charge in [-0.2, -0.15) is 0 Å². The fourth-order valence-corrected chi connectivity index (χ4v) is 2.13. The van der Waals surface area contributed by atoms with Gasteiger partial charge < -0.3 is 4.74 Å². The monoisotopic (exact) mass is 197 g/mol. The van der Waals surface area contributed by atoms with E-state index in [1.165, 1.54) is 0 Å². The van der Waals surface area contributed by atoms with Gasteiger partial charge in [0, 0.05) is 19.5 Å². The first-order valence-corrected chi connectivity index (χ1v) is 5.18. The maximum atomic E-state index is 11.6. The van der Waals surface area contributed by atoms with Gasteiger partial charge in [0.2, 0.25) is 5.78 Å². The molecule has 0 N–H and O–H groups in total. The molecule has 14 heavy (non-hydrogen) atoms. The van der Waals surface area contributed by atoms with Crippen LogP contribution in [0.15, 0.2) is 0 Å². The number of carbonyl (C=O) groups is 2. The first-order chi connectivity index (χ1) is 6.79. The highest BCUT2D eigenvalue weighted by molar-refractivity contribution is 6.39. The predicted octanol–water partition coefficient (Wildman–Crippen LogP) is 0.00930. The lowest BCUT2D eigenvalue weighted by atomic mass is 9.91. The summed E-state index contributed by atoms with van der Waals surface area (Å²) in [6, 6.07) is -0.153. The lowest BCUT2D eigenvalue weighted by Gasteiger charge is -2.34. The second-order valence-corrected chi connectivity index (χ2v) is 3.84. The first-order valence-electron chi connectivity index (χ1n) is 5.18. The minimum absolute atomic E-state index is 0.153. The topological polar surface area (TPSA) is 46.6 Å². The van der Waals surface area contributed by atoms with Crippen LogP contribution in [0.5, 0.6) is 0 Å². The first kappa shape index (κ1) is 9.80. The van der Waals surface area contributed by atoms with Gasteiger partial charge in [-0.25, -0.2) is 0 Å². The molecule has 4 heteroatoms. The lowest BCUT2D eigenvalue weighted by Crippen LogP contribution is -2.50. The molecule has 0 radical (unpaired) electrons. The molecule has 1 heterocycles. The summed E-state index contributed by atoms with van der Waals surface area (Å²) in [5.74, 6) is -0.370. The fraction of sp³-hybridized carbons (Fsp3) is 0.800. The van der Waals surface area contributed by atoms with Crippen LogP contribution in [0.2, 0.25) is 0 Å². The number of ketones is 2. The Balaban J connectivity index is 2.00. The SMILES string of the molecule is O=C1CCCC(N2CCOCC2)C1=O. The third kappa shape index (κ3) is 1.86. The number of morpholine rings is 1. The Morgan fingerprint density at radius 2 is 1.93 bits per heavy atom. The van der Waals surface area contributed by atoms with E-state index in [0.29, 0.717) is 19.6 Å². The van der Waals surface area contributed by atoms with Gasteiger partial charge in [0.15, 0.2) is 5.78 Å². The van der Waals surface area contributed by atoms with E-state index in [0.717, 1.165) is 25.9 Å². The molecule has 0 amide bonds. The molecule has 4 nitrogen and oxygen atoms in total. The summed E-state index contributed by atoms with van der Waals surface area (Å²) in [6.45, 7) is 2.92. The number of ether oxygens (including phenoxy) is 1. The second kappa shape index (κ2) is 4.19. The maximum Gasteiger partial charge on any atom is 0.215 e. The van der Waals surface area contributed by atoms with Crippen molar-refractivity contribution in [2.45, 2.75) is 25.3 Å². The average molecular weight is 197 g/mol. The normalized spacial score (nSPS) is 30.7. The molecule has 2 rings (SSSR count). The Morgan fingerprint density at radius 3 is 2.64 bits per heavy atom. The Morgan fingerprint density at radius 1 is 1.21 bits per heavy atom. The molecule has 78 valence electrons. The van der Waals surface area contributed by atoms with E-state index in [4.69, 9.17) is 4.74 Å². The summed E-state index contributed by atoms with van der Waals surface area (Å²) in [5, 5.41) is 0. The van der Waals surface area contributed by atoms with E-state index in [-0.39, 0.29) is 17.6 Å². The van der Waals surface area contributed by atoms with Crippen LogP contribution in [0.4, 0.5) is 0 Å². The Kier molecular flexibility index (Phi) is 2.93. The summed E-state index contributed by atoms with van der Waals surface area (Å²) >= 11 is 0. The van der Waals surface area contributed by atoms with Crippen molar-refractivity contribution in [2.24, 2.45) is 0 Å². The van der Waals surface area contributed by atoms with Crippen molar-refractivity contribution in [1.82, 2.24) is 4.90 Å². The minimum atomic E-state index is -0.187. The average Bonchev–Trinajstić information content (AvgIpc) is 2.23. The Hall–Kier alpha value is -0.740. The molecular weight excluding hydrogens is 182 g/mol. The summed E-state index contributed by atoms with van der Waals surface area (Å²) in [6.07, 6.45) is 2.14. The molecule has 0 aromatic carbocycles. The molecule has 0 bridgehead atoms. The van der Waals surface area contributed by atoms with Gasteiger partial charge in [-0.1, -0.05) is 0 Å². The van der Waals surface area contributed by atoms with Crippen molar-refractivity contribution >= 4 is 11.6 Å². The van der Waals surface area contributed by atoms with Gasteiger partial charge in [0.05, 0.1) is 19.3 Å². The maximum absolute atomic E-state index is 11.6. The van der Waals surface area contributed by atoms with Crippen LogP contribution in [-0.4, -0.2) is 48.8 Å². The van der Waals surface area contributed by atoms with Crippen molar-refractivity contribution in [2.75, 3.05) is 26.3 Å². The van der Waals surface area contributed by atoms with E-state index in [9.17, 15) is 9.59 Å². The van der Waals surface area contributed by atoms with Crippen LogP contribution >= 0.6 is 0 Å². The molecule has 1 saturated carbocycles. The van der Waals surface area contributed by atoms with Crippen LogP contribution in [0.25, 0.3) is 0 Å². The predicted molar refractivity (Wildman–Crippen MR) is 50.0 cm³/mol. The van der Waals surface area contributed by atoms with E-state index in [1.807, 2.05) is 0 Å². The zero-order valence-corrected chi connectivity index (χ0v) is 8.20. The molecule has 1 aliphatic heterocycles. The molecule has 0 aromatic rings. The standard InChI is InChI=1S/C10H15NO3/c12-9-3-1-2-8(10(9)13)11-4-6-14-7-5-11/h8H,1-7H2. The van der Waals surface area contributed by atoms with E-state index >= 15 is 0 Å². The van der Waals surface area contributed by atoms with Crippen molar-refractivity contribution in [3.05, 3.63) is 0 Å². The smallest absolute Gasteiger partial charge is 0.215 e. The highest BCUT2D eigenvalue weighted by Crippen LogP contribution is 2.18. The van der Waals surface area contributed by atoms with Gasteiger partial charge >= 0.3 is 0 Å². The number of nitrogens with zero attached hydrogens (tertiary/aromatic N) is 1. The minimum Gasteiger partial charge on any atom is -0.379 e. The van der Waals surface area contributed by atoms with Crippen LogP contribution < -0.4 is 0 Å². The third-order valence-corrected chi connectivity index (χ3v) is 2.95. The molecular formula is C10H15NO3.